The molecule has 16 heavy (non-hydrogen) atoms. The predicted octanol–water partition coefficient (Wildman–Crippen LogP) is 1.57. The Bertz CT molecular complexity index is 360. The lowest BCUT2D eigenvalue weighted by Gasteiger charge is -2.42. The molecule has 0 aliphatic carbocycles. The van der Waals surface area contributed by atoms with Crippen molar-refractivity contribution in [3.8, 4) is 0 Å². The van der Waals surface area contributed by atoms with Gasteiger partial charge in [-0.1, -0.05) is 6.07 Å². The third-order valence-corrected chi connectivity index (χ3v) is 3.28. The Morgan fingerprint density at radius 1 is 1.44 bits per heavy atom. The van der Waals surface area contributed by atoms with Crippen LogP contribution in [0.5, 0.6) is 0 Å². The SMILES string of the molecule is Cc1cncc(CN2CCNCC2(C)C)c1. The molecule has 3 nitrogen and oxygen atoms in total. The van der Waals surface area contributed by atoms with Crippen LogP contribution in [0.2, 0.25) is 0 Å². The monoisotopic (exact) mass is 219 g/mol. The van der Waals surface area contributed by atoms with Crippen molar-refractivity contribution >= 4 is 0 Å². The Hall–Kier alpha value is -0.930. The summed E-state index contributed by atoms with van der Waals surface area (Å²) < 4.78 is 0. The molecule has 1 N–H and O–H groups in total. The summed E-state index contributed by atoms with van der Waals surface area (Å²) in [6, 6.07) is 2.23. The number of aromatic nitrogens is 1. The average Bonchev–Trinajstić information content (AvgIpc) is 2.21. The third kappa shape index (κ3) is 2.60. The van der Waals surface area contributed by atoms with Crippen LogP contribution in [0.15, 0.2) is 18.5 Å². The van der Waals surface area contributed by atoms with E-state index in [1.54, 1.807) is 0 Å². The standard InChI is InChI=1S/C13H21N3/c1-11-6-12(8-15-7-11)9-16-5-4-14-10-13(16,2)3/h6-8,14H,4-5,9-10H2,1-3H3. The van der Waals surface area contributed by atoms with Gasteiger partial charge in [-0.05, 0) is 31.9 Å². The van der Waals surface area contributed by atoms with Crippen LogP contribution in [0.3, 0.4) is 0 Å². The minimum absolute atomic E-state index is 0.238. The van der Waals surface area contributed by atoms with Gasteiger partial charge in [-0.25, -0.2) is 0 Å². The minimum Gasteiger partial charge on any atom is -0.314 e. The maximum absolute atomic E-state index is 4.26. The molecule has 1 aliphatic heterocycles. The molecule has 0 radical (unpaired) electrons. The maximum Gasteiger partial charge on any atom is 0.0313 e. The first kappa shape index (κ1) is 11.6. The molecule has 1 fully saturated rings. The smallest absolute Gasteiger partial charge is 0.0313 e. The van der Waals surface area contributed by atoms with Crippen LogP contribution in [-0.4, -0.2) is 35.1 Å². The van der Waals surface area contributed by atoms with Crippen LogP contribution in [-0.2, 0) is 6.54 Å². The van der Waals surface area contributed by atoms with Gasteiger partial charge in [-0.2, -0.15) is 0 Å². The zero-order valence-electron chi connectivity index (χ0n) is 10.5. The fourth-order valence-electron chi connectivity index (χ4n) is 2.24. The number of rotatable bonds is 2. The minimum atomic E-state index is 0.238. The van der Waals surface area contributed by atoms with Crippen LogP contribution in [0.1, 0.15) is 25.0 Å². The summed E-state index contributed by atoms with van der Waals surface area (Å²) in [6.45, 7) is 10.9. The number of aryl methyl sites for hydroxylation is 1. The first-order valence-electron chi connectivity index (χ1n) is 5.94. The van der Waals surface area contributed by atoms with E-state index in [1.165, 1.54) is 11.1 Å². The van der Waals surface area contributed by atoms with Gasteiger partial charge in [0, 0.05) is 44.1 Å². The van der Waals surface area contributed by atoms with E-state index in [9.17, 15) is 0 Å². The summed E-state index contributed by atoms with van der Waals surface area (Å²) in [5, 5.41) is 3.44. The highest BCUT2D eigenvalue weighted by Gasteiger charge is 2.29. The van der Waals surface area contributed by atoms with Crippen molar-refractivity contribution in [3.05, 3.63) is 29.6 Å². The van der Waals surface area contributed by atoms with E-state index in [4.69, 9.17) is 0 Å². The molecule has 0 aromatic carbocycles. The van der Waals surface area contributed by atoms with Gasteiger partial charge in [0.25, 0.3) is 0 Å². The third-order valence-electron chi connectivity index (χ3n) is 3.28. The zero-order valence-corrected chi connectivity index (χ0v) is 10.5. The maximum atomic E-state index is 4.26. The van der Waals surface area contributed by atoms with Gasteiger partial charge < -0.3 is 5.32 Å². The van der Waals surface area contributed by atoms with Gasteiger partial charge in [-0.15, -0.1) is 0 Å². The lowest BCUT2D eigenvalue weighted by atomic mass is 9.99. The molecule has 2 heterocycles. The van der Waals surface area contributed by atoms with Gasteiger partial charge in [0.05, 0.1) is 0 Å². The molecular weight excluding hydrogens is 198 g/mol. The molecule has 2 rings (SSSR count). The van der Waals surface area contributed by atoms with E-state index in [1.807, 2.05) is 12.4 Å². The zero-order chi connectivity index (χ0) is 11.6. The quantitative estimate of drug-likeness (QED) is 0.818. The lowest BCUT2D eigenvalue weighted by molar-refractivity contribution is 0.0826. The number of nitrogens with zero attached hydrogens (tertiary/aromatic N) is 2. The average molecular weight is 219 g/mol. The molecule has 1 aromatic rings. The largest absolute Gasteiger partial charge is 0.314 e. The van der Waals surface area contributed by atoms with Crippen molar-refractivity contribution in [2.45, 2.75) is 32.9 Å². The van der Waals surface area contributed by atoms with Gasteiger partial charge in [0.1, 0.15) is 0 Å². The van der Waals surface area contributed by atoms with E-state index in [-0.39, 0.29) is 5.54 Å². The Morgan fingerprint density at radius 2 is 2.25 bits per heavy atom. The number of piperazine rings is 1. The summed E-state index contributed by atoms with van der Waals surface area (Å²) in [5.74, 6) is 0. The molecule has 0 bridgehead atoms. The summed E-state index contributed by atoms with van der Waals surface area (Å²) in [4.78, 5) is 6.78. The van der Waals surface area contributed by atoms with Crippen LogP contribution in [0, 0.1) is 6.92 Å². The first-order chi connectivity index (χ1) is 7.58. The predicted molar refractivity (Wildman–Crippen MR) is 66.3 cm³/mol. The van der Waals surface area contributed by atoms with E-state index < -0.39 is 0 Å². The molecule has 3 heteroatoms. The molecule has 0 saturated carbocycles. The molecule has 1 aliphatic rings. The Balaban J connectivity index is 2.08. The van der Waals surface area contributed by atoms with Gasteiger partial charge in [0.15, 0.2) is 0 Å². The fraction of sp³-hybridized carbons (Fsp3) is 0.615. The lowest BCUT2D eigenvalue weighted by Crippen LogP contribution is -2.57. The van der Waals surface area contributed by atoms with Crippen molar-refractivity contribution in [3.63, 3.8) is 0 Å². The highest BCUT2D eigenvalue weighted by molar-refractivity contribution is 5.17. The van der Waals surface area contributed by atoms with Crippen molar-refractivity contribution in [1.29, 1.82) is 0 Å². The Morgan fingerprint density at radius 3 is 2.94 bits per heavy atom. The summed E-state index contributed by atoms with van der Waals surface area (Å²) in [7, 11) is 0. The van der Waals surface area contributed by atoms with E-state index in [0.717, 1.165) is 26.2 Å². The van der Waals surface area contributed by atoms with Crippen molar-refractivity contribution in [1.82, 2.24) is 15.2 Å². The van der Waals surface area contributed by atoms with Crippen molar-refractivity contribution < 1.29 is 0 Å². The molecule has 88 valence electrons. The normalized spacial score (nSPS) is 20.9. The Labute approximate surface area is 97.9 Å². The first-order valence-corrected chi connectivity index (χ1v) is 5.94. The summed E-state index contributed by atoms with van der Waals surface area (Å²) in [5.41, 5.74) is 2.79. The van der Waals surface area contributed by atoms with Crippen LogP contribution >= 0.6 is 0 Å². The van der Waals surface area contributed by atoms with Crippen LogP contribution < -0.4 is 5.32 Å². The molecule has 0 atom stereocenters. The van der Waals surface area contributed by atoms with Gasteiger partial charge in [-0.3, -0.25) is 9.88 Å². The van der Waals surface area contributed by atoms with E-state index >= 15 is 0 Å². The Kier molecular flexibility index (Phi) is 3.26. The second-order valence-electron chi connectivity index (χ2n) is 5.28. The van der Waals surface area contributed by atoms with Crippen LogP contribution in [0.25, 0.3) is 0 Å². The number of nitrogens with one attached hydrogen (secondary N) is 1. The molecule has 1 aromatic heterocycles. The molecule has 0 amide bonds. The number of pyridine rings is 1. The second kappa shape index (κ2) is 4.52. The van der Waals surface area contributed by atoms with Gasteiger partial charge in [0.2, 0.25) is 0 Å². The fourth-order valence-corrected chi connectivity index (χ4v) is 2.24. The molecule has 1 saturated heterocycles. The van der Waals surface area contributed by atoms with E-state index in [2.05, 4.69) is 42.0 Å². The second-order valence-corrected chi connectivity index (χ2v) is 5.28. The topological polar surface area (TPSA) is 28.2 Å². The molecule has 0 unspecified atom stereocenters. The van der Waals surface area contributed by atoms with Crippen molar-refractivity contribution in [2.75, 3.05) is 19.6 Å². The summed E-state index contributed by atoms with van der Waals surface area (Å²) >= 11 is 0. The summed E-state index contributed by atoms with van der Waals surface area (Å²) in [6.07, 6.45) is 3.89. The molecular formula is C13H21N3. The van der Waals surface area contributed by atoms with Crippen molar-refractivity contribution in [2.24, 2.45) is 0 Å². The van der Waals surface area contributed by atoms with E-state index in [0.29, 0.717) is 0 Å². The number of hydrogen-bond acceptors (Lipinski definition) is 3. The highest BCUT2D eigenvalue weighted by Crippen LogP contribution is 2.19. The van der Waals surface area contributed by atoms with Crippen LogP contribution in [0.4, 0.5) is 0 Å². The van der Waals surface area contributed by atoms with Gasteiger partial charge >= 0.3 is 0 Å². The highest BCUT2D eigenvalue weighted by atomic mass is 15.2. The molecule has 0 spiro atoms. The number of hydrogen-bond donors (Lipinski definition) is 1.